The molecule has 0 radical (unpaired) electrons. The number of pyridine rings is 1. The normalized spacial score (nSPS) is 18.8. The van der Waals surface area contributed by atoms with E-state index >= 15 is 0 Å². The SMILES string of the molecule is Cc1cc([C@@H](C)C(=O)N2CCC[C@@H]2c2nnc3ccccn23)c(C)o1. The number of hydrogen-bond acceptors (Lipinski definition) is 4. The summed E-state index contributed by atoms with van der Waals surface area (Å²) in [6.07, 6.45) is 3.85. The zero-order valence-corrected chi connectivity index (χ0v) is 14.8. The molecule has 1 fully saturated rings. The van der Waals surface area contributed by atoms with Crippen LogP contribution in [0.4, 0.5) is 0 Å². The molecule has 0 saturated carbocycles. The third-order valence-corrected chi connectivity index (χ3v) is 5.09. The second-order valence-electron chi connectivity index (χ2n) is 6.77. The van der Waals surface area contributed by atoms with Crippen molar-refractivity contribution in [2.75, 3.05) is 6.54 Å². The number of fused-ring (bicyclic) bond motifs is 1. The number of nitrogens with zero attached hydrogens (tertiary/aromatic N) is 4. The molecule has 6 nitrogen and oxygen atoms in total. The van der Waals surface area contributed by atoms with E-state index in [1.807, 2.05) is 60.5 Å². The van der Waals surface area contributed by atoms with Crippen molar-refractivity contribution in [1.82, 2.24) is 19.5 Å². The summed E-state index contributed by atoms with van der Waals surface area (Å²) in [5, 5.41) is 8.60. The molecule has 3 aromatic heterocycles. The summed E-state index contributed by atoms with van der Waals surface area (Å²) in [5.74, 6) is 2.40. The Kier molecular flexibility index (Phi) is 3.82. The third kappa shape index (κ3) is 2.62. The Hall–Kier alpha value is -2.63. The molecule has 0 N–H and O–H groups in total. The highest BCUT2D eigenvalue weighted by atomic mass is 16.3. The Bertz CT molecular complexity index is 927. The molecule has 1 amide bonds. The first kappa shape index (κ1) is 15.9. The quantitative estimate of drug-likeness (QED) is 0.734. The van der Waals surface area contributed by atoms with Crippen molar-refractivity contribution in [3.8, 4) is 0 Å². The first-order chi connectivity index (χ1) is 12.1. The van der Waals surface area contributed by atoms with Crippen molar-refractivity contribution >= 4 is 11.6 Å². The van der Waals surface area contributed by atoms with Gasteiger partial charge in [0.25, 0.3) is 0 Å². The van der Waals surface area contributed by atoms with Gasteiger partial charge in [0.2, 0.25) is 5.91 Å². The fraction of sp³-hybridized carbons (Fsp3) is 0.421. The average molecular weight is 338 g/mol. The summed E-state index contributed by atoms with van der Waals surface area (Å²) in [4.78, 5) is 15.1. The van der Waals surface area contributed by atoms with E-state index in [1.54, 1.807) is 0 Å². The van der Waals surface area contributed by atoms with Gasteiger partial charge in [-0.3, -0.25) is 9.20 Å². The molecular weight excluding hydrogens is 316 g/mol. The van der Waals surface area contributed by atoms with Gasteiger partial charge in [-0.2, -0.15) is 0 Å². The van der Waals surface area contributed by atoms with E-state index in [-0.39, 0.29) is 17.9 Å². The molecule has 1 aliphatic heterocycles. The van der Waals surface area contributed by atoms with Crippen molar-refractivity contribution in [1.29, 1.82) is 0 Å². The van der Waals surface area contributed by atoms with Gasteiger partial charge >= 0.3 is 0 Å². The van der Waals surface area contributed by atoms with Gasteiger partial charge < -0.3 is 9.32 Å². The Balaban J connectivity index is 1.65. The molecule has 130 valence electrons. The minimum atomic E-state index is -0.225. The third-order valence-electron chi connectivity index (χ3n) is 5.09. The lowest BCUT2D eigenvalue weighted by Crippen LogP contribution is -2.34. The molecule has 4 heterocycles. The van der Waals surface area contributed by atoms with E-state index < -0.39 is 0 Å². The predicted octanol–water partition coefficient (Wildman–Crippen LogP) is 3.41. The van der Waals surface area contributed by atoms with Crippen LogP contribution in [0.15, 0.2) is 34.9 Å². The molecule has 1 aliphatic rings. The summed E-state index contributed by atoms with van der Waals surface area (Å²) in [7, 11) is 0. The molecule has 3 aromatic rings. The van der Waals surface area contributed by atoms with Crippen molar-refractivity contribution < 1.29 is 9.21 Å². The molecule has 4 rings (SSSR count). The fourth-order valence-electron chi connectivity index (χ4n) is 3.85. The molecule has 0 aromatic carbocycles. The van der Waals surface area contributed by atoms with Crippen LogP contribution in [-0.4, -0.2) is 31.9 Å². The van der Waals surface area contributed by atoms with E-state index in [0.717, 1.165) is 47.9 Å². The molecule has 1 saturated heterocycles. The highest BCUT2D eigenvalue weighted by molar-refractivity contribution is 5.84. The summed E-state index contributed by atoms with van der Waals surface area (Å²) in [6, 6.07) is 7.77. The van der Waals surface area contributed by atoms with Crippen LogP contribution >= 0.6 is 0 Å². The van der Waals surface area contributed by atoms with Gasteiger partial charge in [-0.1, -0.05) is 6.07 Å². The standard InChI is InChI=1S/C19H22N4O2/c1-12-11-15(14(3)25-12)13(2)19(24)22-10-6-7-16(22)18-21-20-17-8-4-5-9-23(17)18/h4-5,8-9,11,13,16H,6-7,10H2,1-3H3/t13-,16-/m1/s1. The number of carbonyl (C=O) groups excluding carboxylic acids is 1. The monoisotopic (exact) mass is 338 g/mol. The fourth-order valence-corrected chi connectivity index (χ4v) is 3.85. The minimum Gasteiger partial charge on any atom is -0.466 e. The first-order valence-electron chi connectivity index (χ1n) is 8.73. The number of rotatable bonds is 3. The van der Waals surface area contributed by atoms with Crippen molar-refractivity contribution in [2.45, 2.75) is 45.6 Å². The van der Waals surface area contributed by atoms with E-state index in [1.165, 1.54) is 0 Å². The zero-order valence-electron chi connectivity index (χ0n) is 14.8. The summed E-state index contributed by atoms with van der Waals surface area (Å²) in [5.41, 5.74) is 1.78. The van der Waals surface area contributed by atoms with Crippen LogP contribution in [0.3, 0.4) is 0 Å². The minimum absolute atomic E-state index is 0.0272. The lowest BCUT2D eigenvalue weighted by Gasteiger charge is -2.26. The lowest BCUT2D eigenvalue weighted by atomic mass is 9.99. The van der Waals surface area contributed by atoms with E-state index in [9.17, 15) is 4.79 Å². The molecule has 0 bridgehead atoms. The van der Waals surface area contributed by atoms with Crippen LogP contribution in [0.5, 0.6) is 0 Å². The van der Waals surface area contributed by atoms with Gasteiger partial charge in [0.05, 0.1) is 12.0 Å². The van der Waals surface area contributed by atoms with Gasteiger partial charge in [-0.05, 0) is 51.8 Å². The lowest BCUT2D eigenvalue weighted by molar-refractivity contribution is -0.133. The number of hydrogen-bond donors (Lipinski definition) is 0. The van der Waals surface area contributed by atoms with E-state index in [0.29, 0.717) is 0 Å². The molecule has 0 aliphatic carbocycles. The number of amides is 1. The van der Waals surface area contributed by atoms with Gasteiger partial charge in [0.1, 0.15) is 11.5 Å². The van der Waals surface area contributed by atoms with Crippen molar-refractivity contribution in [2.24, 2.45) is 0 Å². The Morgan fingerprint density at radius 3 is 2.92 bits per heavy atom. The van der Waals surface area contributed by atoms with Crippen LogP contribution in [0.1, 0.15) is 54.6 Å². The van der Waals surface area contributed by atoms with E-state index in [2.05, 4.69) is 10.2 Å². The van der Waals surface area contributed by atoms with Gasteiger partial charge in [-0.15, -0.1) is 10.2 Å². The van der Waals surface area contributed by atoms with Gasteiger partial charge in [0.15, 0.2) is 11.5 Å². The molecule has 6 heteroatoms. The Morgan fingerprint density at radius 1 is 1.32 bits per heavy atom. The molecule has 0 spiro atoms. The molecule has 0 unspecified atom stereocenters. The Morgan fingerprint density at radius 2 is 2.16 bits per heavy atom. The molecule has 25 heavy (non-hydrogen) atoms. The first-order valence-corrected chi connectivity index (χ1v) is 8.73. The van der Waals surface area contributed by atoms with Crippen LogP contribution in [0.2, 0.25) is 0 Å². The summed E-state index contributed by atoms with van der Waals surface area (Å²) >= 11 is 0. The van der Waals surface area contributed by atoms with E-state index in [4.69, 9.17) is 4.42 Å². The van der Waals surface area contributed by atoms with Crippen molar-refractivity contribution in [3.05, 3.63) is 53.4 Å². The maximum absolute atomic E-state index is 13.2. The predicted molar refractivity (Wildman–Crippen MR) is 93.3 cm³/mol. The summed E-state index contributed by atoms with van der Waals surface area (Å²) < 4.78 is 7.59. The maximum Gasteiger partial charge on any atom is 0.230 e. The topological polar surface area (TPSA) is 63.6 Å². The van der Waals surface area contributed by atoms with Crippen LogP contribution in [0, 0.1) is 13.8 Å². The van der Waals surface area contributed by atoms with Gasteiger partial charge in [0, 0.05) is 18.3 Å². The second-order valence-corrected chi connectivity index (χ2v) is 6.77. The maximum atomic E-state index is 13.2. The smallest absolute Gasteiger partial charge is 0.230 e. The average Bonchev–Trinajstić information content (AvgIpc) is 3.31. The zero-order chi connectivity index (χ0) is 17.6. The van der Waals surface area contributed by atoms with Crippen LogP contribution in [-0.2, 0) is 4.79 Å². The molecular formula is C19H22N4O2. The largest absolute Gasteiger partial charge is 0.466 e. The molecule has 2 atom stereocenters. The highest BCUT2D eigenvalue weighted by Crippen LogP contribution is 2.35. The number of aromatic nitrogens is 3. The van der Waals surface area contributed by atoms with Crippen molar-refractivity contribution in [3.63, 3.8) is 0 Å². The highest BCUT2D eigenvalue weighted by Gasteiger charge is 2.36. The number of likely N-dealkylation sites (tertiary alicyclic amines) is 1. The van der Waals surface area contributed by atoms with Crippen LogP contribution in [0.25, 0.3) is 5.65 Å². The number of carbonyl (C=O) groups is 1. The van der Waals surface area contributed by atoms with Crippen LogP contribution < -0.4 is 0 Å². The Labute approximate surface area is 146 Å². The second kappa shape index (κ2) is 6.02. The number of aryl methyl sites for hydroxylation is 2. The number of furan rings is 1. The van der Waals surface area contributed by atoms with Gasteiger partial charge in [-0.25, -0.2) is 0 Å². The summed E-state index contributed by atoms with van der Waals surface area (Å²) in [6.45, 7) is 6.54.